The molecule has 1 aromatic heterocycles. The Morgan fingerprint density at radius 3 is 2.76 bits per heavy atom. The Kier molecular flexibility index (Phi) is 7.43. The van der Waals surface area contributed by atoms with Crippen molar-refractivity contribution in [3.05, 3.63) is 62.5 Å². The van der Waals surface area contributed by atoms with Gasteiger partial charge >= 0.3 is 18.0 Å². The summed E-state index contributed by atoms with van der Waals surface area (Å²) in [5, 5.41) is 15.7. The number of nitrogens with one attached hydrogen (secondary N) is 1. The molecule has 0 unspecified atom stereocenters. The van der Waals surface area contributed by atoms with Crippen molar-refractivity contribution in [1.82, 2.24) is 25.0 Å². The number of esters is 1. The Hall–Kier alpha value is -3.55. The second kappa shape index (κ2) is 11.0. The lowest BCUT2D eigenvalue weighted by Gasteiger charge is -2.42. The fourth-order valence-corrected chi connectivity index (χ4v) is 6.62. The number of amides is 2. The van der Waals surface area contributed by atoms with Crippen molar-refractivity contribution in [2.75, 3.05) is 32.8 Å². The molecule has 0 radical (unpaired) electrons. The number of aliphatic imine (C=N–C) groups is 1. The SMILES string of the molecule is CCOC(=O)C1=C(CN2CCN3C(=O)N(C4CC4)C[C@@H]3[C@H]2C(=O)O)NC(c2nccs2)=N[C@H]1c1cccc(F)c1Cl. The maximum absolute atomic E-state index is 14.6. The second-order valence-electron chi connectivity index (χ2n) is 10.3. The Morgan fingerprint density at radius 1 is 1.27 bits per heavy atom. The van der Waals surface area contributed by atoms with E-state index in [4.69, 9.17) is 21.3 Å². The van der Waals surface area contributed by atoms with E-state index in [1.165, 1.54) is 23.5 Å². The maximum Gasteiger partial charge on any atom is 0.338 e. The Balaban J connectivity index is 1.41. The molecule has 0 bridgehead atoms. The van der Waals surface area contributed by atoms with E-state index in [2.05, 4.69) is 10.3 Å². The second-order valence-corrected chi connectivity index (χ2v) is 11.6. The first-order valence-corrected chi connectivity index (χ1v) is 14.7. The third-order valence-corrected chi connectivity index (χ3v) is 8.97. The zero-order valence-electron chi connectivity index (χ0n) is 22.1. The molecular formula is C27H28ClFN6O5S. The van der Waals surface area contributed by atoms with E-state index in [-0.39, 0.29) is 47.9 Å². The van der Waals surface area contributed by atoms with E-state index in [1.54, 1.807) is 39.3 Å². The van der Waals surface area contributed by atoms with Gasteiger partial charge in [0.05, 0.1) is 23.2 Å². The number of fused-ring (bicyclic) bond motifs is 1. The summed E-state index contributed by atoms with van der Waals surface area (Å²) >= 11 is 7.71. The highest BCUT2D eigenvalue weighted by molar-refractivity contribution is 7.11. The number of rotatable bonds is 8. The third kappa shape index (κ3) is 5.06. The number of nitrogens with zero attached hydrogens (tertiary/aromatic N) is 5. The minimum atomic E-state index is -1.06. The van der Waals surface area contributed by atoms with Crippen LogP contribution < -0.4 is 5.32 Å². The van der Waals surface area contributed by atoms with Gasteiger partial charge in [-0.1, -0.05) is 23.7 Å². The topological polar surface area (TPSA) is 128 Å². The van der Waals surface area contributed by atoms with Crippen LogP contribution in [0.15, 0.2) is 46.0 Å². The lowest BCUT2D eigenvalue weighted by molar-refractivity contribution is -0.147. The maximum atomic E-state index is 14.6. The molecule has 3 aliphatic heterocycles. The third-order valence-electron chi connectivity index (χ3n) is 7.80. The van der Waals surface area contributed by atoms with Crippen molar-refractivity contribution in [2.24, 2.45) is 4.99 Å². The van der Waals surface area contributed by atoms with Gasteiger partial charge in [-0.3, -0.25) is 14.7 Å². The van der Waals surface area contributed by atoms with Gasteiger partial charge in [-0.25, -0.2) is 19.0 Å². The van der Waals surface area contributed by atoms with Crippen LogP contribution in [0.3, 0.4) is 0 Å². The van der Waals surface area contributed by atoms with Crippen molar-refractivity contribution in [3.63, 3.8) is 0 Å². The molecule has 4 heterocycles. The lowest BCUT2D eigenvalue weighted by atomic mass is 9.94. The molecule has 1 saturated carbocycles. The number of carbonyl (C=O) groups excluding carboxylic acids is 2. The van der Waals surface area contributed by atoms with Gasteiger partial charge < -0.3 is 25.0 Å². The van der Waals surface area contributed by atoms with Gasteiger partial charge in [-0.05, 0) is 25.8 Å². The zero-order chi connectivity index (χ0) is 28.8. The molecule has 3 fully saturated rings. The lowest BCUT2D eigenvalue weighted by Crippen LogP contribution is -2.62. The molecule has 1 aromatic carbocycles. The molecule has 11 nitrogen and oxygen atoms in total. The van der Waals surface area contributed by atoms with Crippen molar-refractivity contribution >= 4 is 46.7 Å². The van der Waals surface area contributed by atoms with Crippen LogP contribution in [0.5, 0.6) is 0 Å². The van der Waals surface area contributed by atoms with Gasteiger partial charge in [0, 0.05) is 55.1 Å². The number of thiazole rings is 1. The highest BCUT2D eigenvalue weighted by Gasteiger charge is 2.52. The number of piperazine rings is 1. The summed E-state index contributed by atoms with van der Waals surface area (Å²) in [4.78, 5) is 53.4. The molecule has 4 aliphatic rings. The number of aromatic nitrogens is 1. The smallest absolute Gasteiger partial charge is 0.338 e. The molecule has 14 heteroatoms. The Bertz CT molecular complexity index is 1450. The molecule has 6 rings (SSSR count). The van der Waals surface area contributed by atoms with Gasteiger partial charge in [-0.2, -0.15) is 0 Å². The van der Waals surface area contributed by atoms with Gasteiger partial charge in [0.15, 0.2) is 10.8 Å². The number of hydrogen-bond acceptors (Lipinski definition) is 9. The van der Waals surface area contributed by atoms with Crippen LogP contribution in [0.1, 0.15) is 36.4 Å². The van der Waals surface area contributed by atoms with E-state index in [0.717, 1.165) is 12.8 Å². The number of carbonyl (C=O) groups is 3. The standard InChI is InChI=1S/C27H28ClFN6O5S/c1-2-40-26(38)19-17(12-33-9-10-34-18(22(33)25(36)37)13-35(27(34)39)14-6-7-14)31-23(24-30-8-11-41-24)32-21(19)15-4-3-5-16(29)20(15)28/h3-5,8,11,14,18,21-22H,2,6-7,9-10,12-13H2,1H3,(H,31,32)(H,36,37)/t18-,21+,22+/m1/s1. The molecule has 41 heavy (non-hydrogen) atoms. The van der Waals surface area contributed by atoms with E-state index in [0.29, 0.717) is 29.6 Å². The highest BCUT2D eigenvalue weighted by Crippen LogP contribution is 2.39. The Morgan fingerprint density at radius 2 is 2.07 bits per heavy atom. The minimum Gasteiger partial charge on any atom is -0.480 e. The molecule has 2 N–H and O–H groups in total. The van der Waals surface area contributed by atoms with Crippen molar-refractivity contribution in [3.8, 4) is 0 Å². The van der Waals surface area contributed by atoms with Gasteiger partial charge in [-0.15, -0.1) is 11.3 Å². The van der Waals surface area contributed by atoms with Crippen LogP contribution in [0, 0.1) is 5.82 Å². The Labute approximate surface area is 244 Å². The number of amidine groups is 1. The van der Waals surface area contributed by atoms with E-state index < -0.39 is 35.9 Å². The van der Waals surface area contributed by atoms with Gasteiger partial charge in [0.25, 0.3) is 0 Å². The fraction of sp³-hybridized carbons (Fsp3) is 0.444. The summed E-state index contributed by atoms with van der Waals surface area (Å²) < 4.78 is 20.0. The average Bonchev–Trinajstić information content (AvgIpc) is 3.52. The first kappa shape index (κ1) is 27.6. The van der Waals surface area contributed by atoms with E-state index in [9.17, 15) is 23.9 Å². The number of carboxylic acid groups (broad SMARTS) is 1. The van der Waals surface area contributed by atoms with Gasteiger partial charge in [0.1, 0.15) is 17.9 Å². The number of hydrogen-bond donors (Lipinski definition) is 2. The highest BCUT2D eigenvalue weighted by atomic mass is 35.5. The zero-order valence-corrected chi connectivity index (χ0v) is 23.7. The van der Waals surface area contributed by atoms with Crippen molar-refractivity contribution < 1.29 is 28.6 Å². The number of carboxylic acids is 1. The fourth-order valence-electron chi connectivity index (χ4n) is 5.80. The first-order valence-electron chi connectivity index (χ1n) is 13.4. The van der Waals surface area contributed by atoms with Crippen LogP contribution in [-0.2, 0) is 14.3 Å². The summed E-state index contributed by atoms with van der Waals surface area (Å²) in [6, 6.07) is 1.77. The molecule has 3 atom stereocenters. The molecule has 1 aliphatic carbocycles. The van der Waals surface area contributed by atoms with E-state index >= 15 is 0 Å². The number of halogens is 2. The number of benzene rings is 1. The summed E-state index contributed by atoms with van der Waals surface area (Å²) in [6.45, 7) is 2.73. The van der Waals surface area contributed by atoms with Gasteiger partial charge in [0.2, 0.25) is 0 Å². The normalized spacial score (nSPS) is 24.7. The predicted octanol–water partition coefficient (Wildman–Crippen LogP) is 2.88. The molecule has 2 aromatic rings. The summed E-state index contributed by atoms with van der Waals surface area (Å²) in [7, 11) is 0. The van der Waals surface area contributed by atoms with Crippen molar-refractivity contribution in [2.45, 2.75) is 43.9 Å². The summed E-state index contributed by atoms with van der Waals surface area (Å²) in [5.41, 5.74) is 0.731. The molecule has 2 saturated heterocycles. The summed E-state index contributed by atoms with van der Waals surface area (Å²) in [5.74, 6) is -2.05. The first-order chi connectivity index (χ1) is 19.8. The summed E-state index contributed by atoms with van der Waals surface area (Å²) in [6.07, 6.45) is 3.47. The predicted molar refractivity (Wildman–Crippen MR) is 148 cm³/mol. The monoisotopic (exact) mass is 602 g/mol. The largest absolute Gasteiger partial charge is 0.480 e. The molecule has 216 valence electrons. The van der Waals surface area contributed by atoms with E-state index in [1.807, 2.05) is 0 Å². The number of aliphatic carboxylic acids is 1. The van der Waals surface area contributed by atoms with Crippen molar-refractivity contribution in [1.29, 1.82) is 0 Å². The number of urea groups is 1. The number of ether oxygens (including phenoxy) is 1. The van der Waals surface area contributed by atoms with Crippen LogP contribution >= 0.6 is 22.9 Å². The average molecular weight is 603 g/mol. The quantitative estimate of drug-likeness (QED) is 0.442. The minimum absolute atomic E-state index is 0.0148. The molecule has 2 amide bonds. The molecular weight excluding hydrogens is 575 g/mol. The molecule has 0 spiro atoms. The van der Waals surface area contributed by atoms with Crippen LogP contribution in [-0.4, -0.2) is 99.5 Å². The van der Waals surface area contributed by atoms with Crippen LogP contribution in [0.25, 0.3) is 0 Å². The van der Waals surface area contributed by atoms with Crippen LogP contribution in [0.2, 0.25) is 5.02 Å². The van der Waals surface area contributed by atoms with Crippen LogP contribution in [0.4, 0.5) is 9.18 Å².